The number of aliphatic hydroxyl groups excluding tert-OH is 2. The third-order valence-corrected chi connectivity index (χ3v) is 1.49. The molecule has 0 saturated carbocycles. The van der Waals surface area contributed by atoms with E-state index in [4.69, 9.17) is 19.7 Å². The van der Waals surface area contributed by atoms with E-state index < -0.39 is 6.10 Å². The van der Waals surface area contributed by atoms with E-state index in [2.05, 4.69) is 0 Å². The fourth-order valence-corrected chi connectivity index (χ4v) is 0.704. The van der Waals surface area contributed by atoms with E-state index in [1.165, 1.54) is 0 Å². The van der Waals surface area contributed by atoms with Gasteiger partial charge in [0.15, 0.2) is 0 Å². The summed E-state index contributed by atoms with van der Waals surface area (Å²) in [5.74, 6) is 0. The largest absolute Gasteiger partial charge is 0.394 e. The summed E-state index contributed by atoms with van der Waals surface area (Å²) in [6, 6.07) is 0. The van der Waals surface area contributed by atoms with E-state index in [1.807, 2.05) is 6.92 Å². The van der Waals surface area contributed by atoms with Crippen LogP contribution in [0.3, 0.4) is 0 Å². The van der Waals surface area contributed by atoms with E-state index >= 15 is 0 Å². The van der Waals surface area contributed by atoms with Crippen molar-refractivity contribution in [1.82, 2.24) is 0 Å². The van der Waals surface area contributed by atoms with Crippen molar-refractivity contribution in [2.75, 3.05) is 19.8 Å². The van der Waals surface area contributed by atoms with Gasteiger partial charge in [0.1, 0.15) is 0 Å². The van der Waals surface area contributed by atoms with Crippen molar-refractivity contribution >= 4 is 0 Å². The summed E-state index contributed by atoms with van der Waals surface area (Å²) in [6.07, 6.45) is -0.654. The lowest BCUT2D eigenvalue weighted by Gasteiger charge is -2.16. The predicted molar refractivity (Wildman–Crippen MR) is 49.6 cm³/mol. The van der Waals surface area contributed by atoms with Crippen LogP contribution in [0.5, 0.6) is 0 Å². The average Bonchev–Trinajstić information content (AvgIpc) is 2.10. The van der Waals surface area contributed by atoms with Crippen LogP contribution in [-0.2, 0) is 9.47 Å². The van der Waals surface area contributed by atoms with E-state index in [-0.39, 0.29) is 18.8 Å². The smallest absolute Gasteiger partial charge is 0.0781 e. The Hall–Kier alpha value is -0.160. The summed E-state index contributed by atoms with van der Waals surface area (Å²) < 4.78 is 10.5. The molecule has 0 radical (unpaired) electrons. The van der Waals surface area contributed by atoms with E-state index in [0.29, 0.717) is 13.2 Å². The van der Waals surface area contributed by atoms with Gasteiger partial charge in [-0.15, -0.1) is 0 Å². The molecule has 0 aromatic rings. The molecule has 0 spiro atoms. The number of rotatable bonds is 7. The average molecular weight is 192 g/mol. The summed E-state index contributed by atoms with van der Waals surface area (Å²) in [5, 5.41) is 17.6. The Bertz CT molecular complexity index is 116. The number of ether oxygens (including phenoxy) is 2. The van der Waals surface area contributed by atoms with Crippen LogP contribution < -0.4 is 0 Å². The number of hydrogen-bond acceptors (Lipinski definition) is 4. The molecule has 0 aliphatic carbocycles. The van der Waals surface area contributed by atoms with Crippen LogP contribution in [0.1, 0.15) is 20.8 Å². The van der Waals surface area contributed by atoms with Gasteiger partial charge in [0.25, 0.3) is 0 Å². The molecule has 0 aliphatic heterocycles. The lowest BCUT2D eigenvalue weighted by molar-refractivity contribution is -0.0620. The van der Waals surface area contributed by atoms with Crippen LogP contribution >= 0.6 is 0 Å². The highest BCUT2D eigenvalue weighted by Gasteiger charge is 2.06. The van der Waals surface area contributed by atoms with Crippen LogP contribution in [-0.4, -0.2) is 48.3 Å². The molecule has 0 saturated heterocycles. The van der Waals surface area contributed by atoms with Crippen molar-refractivity contribution in [2.45, 2.75) is 39.1 Å². The topological polar surface area (TPSA) is 58.9 Å². The maximum absolute atomic E-state index is 8.92. The fourth-order valence-electron chi connectivity index (χ4n) is 0.704. The zero-order chi connectivity index (χ0) is 10.3. The first-order valence-corrected chi connectivity index (χ1v) is 4.58. The van der Waals surface area contributed by atoms with E-state index in [1.54, 1.807) is 13.8 Å². The fraction of sp³-hybridized carbons (Fsp3) is 1.00. The molecule has 13 heavy (non-hydrogen) atoms. The Morgan fingerprint density at radius 1 is 1.00 bits per heavy atom. The quantitative estimate of drug-likeness (QED) is 0.603. The first kappa shape index (κ1) is 12.8. The van der Waals surface area contributed by atoms with Crippen LogP contribution in [0.4, 0.5) is 0 Å². The minimum atomic E-state index is -0.447. The van der Waals surface area contributed by atoms with Crippen LogP contribution in [0.15, 0.2) is 0 Å². The molecular formula is C9H20O4. The second-order valence-electron chi connectivity index (χ2n) is 3.32. The SMILES string of the molecule is C[C@H](O)CO[C@@H](C)CO[C@H](C)CO. The van der Waals surface area contributed by atoms with Gasteiger partial charge in [-0.3, -0.25) is 0 Å². The van der Waals surface area contributed by atoms with Gasteiger partial charge in [-0.05, 0) is 20.8 Å². The first-order chi connectivity index (χ1) is 6.06. The van der Waals surface area contributed by atoms with Gasteiger partial charge in [-0.2, -0.15) is 0 Å². The van der Waals surface area contributed by atoms with Gasteiger partial charge in [0.05, 0.1) is 38.1 Å². The zero-order valence-corrected chi connectivity index (χ0v) is 8.56. The highest BCUT2D eigenvalue weighted by Crippen LogP contribution is 1.97. The number of hydrogen-bond donors (Lipinski definition) is 2. The molecule has 80 valence electrons. The highest BCUT2D eigenvalue weighted by molar-refractivity contribution is 4.52. The molecule has 0 bridgehead atoms. The van der Waals surface area contributed by atoms with Crippen LogP contribution in [0, 0.1) is 0 Å². The van der Waals surface area contributed by atoms with Gasteiger partial charge in [-0.25, -0.2) is 0 Å². The van der Waals surface area contributed by atoms with Crippen molar-refractivity contribution < 1.29 is 19.7 Å². The third-order valence-electron chi connectivity index (χ3n) is 1.49. The Kier molecular flexibility index (Phi) is 7.17. The normalized spacial score (nSPS) is 18.2. The summed E-state index contributed by atoms with van der Waals surface area (Å²) in [5.41, 5.74) is 0. The van der Waals surface area contributed by atoms with Crippen molar-refractivity contribution in [3.63, 3.8) is 0 Å². The molecule has 0 aromatic heterocycles. The standard InChI is InChI=1S/C9H20O4/c1-7(11)5-12-9(3)6-13-8(2)4-10/h7-11H,4-6H2,1-3H3/t7-,8+,9-/m0/s1. The molecule has 0 aromatic carbocycles. The third kappa shape index (κ3) is 8.18. The van der Waals surface area contributed by atoms with Gasteiger partial charge >= 0.3 is 0 Å². The molecule has 3 atom stereocenters. The Morgan fingerprint density at radius 2 is 1.54 bits per heavy atom. The second-order valence-corrected chi connectivity index (χ2v) is 3.32. The highest BCUT2D eigenvalue weighted by atomic mass is 16.5. The predicted octanol–water partition coefficient (Wildman–Crippen LogP) is 0.170. The zero-order valence-electron chi connectivity index (χ0n) is 8.56. The minimum Gasteiger partial charge on any atom is -0.394 e. The molecular weight excluding hydrogens is 172 g/mol. The molecule has 0 heterocycles. The van der Waals surface area contributed by atoms with E-state index in [9.17, 15) is 0 Å². The molecule has 0 aliphatic rings. The van der Waals surface area contributed by atoms with Crippen LogP contribution in [0.25, 0.3) is 0 Å². The van der Waals surface area contributed by atoms with Crippen molar-refractivity contribution in [3.8, 4) is 0 Å². The maximum atomic E-state index is 8.92. The first-order valence-electron chi connectivity index (χ1n) is 4.58. The summed E-state index contributed by atoms with van der Waals surface area (Å²) >= 11 is 0. The molecule has 2 N–H and O–H groups in total. The van der Waals surface area contributed by atoms with E-state index in [0.717, 1.165) is 0 Å². The summed E-state index contributed by atoms with van der Waals surface area (Å²) in [7, 11) is 0. The van der Waals surface area contributed by atoms with Gasteiger partial charge in [-0.1, -0.05) is 0 Å². The molecule has 0 rings (SSSR count). The maximum Gasteiger partial charge on any atom is 0.0781 e. The van der Waals surface area contributed by atoms with Crippen molar-refractivity contribution in [3.05, 3.63) is 0 Å². The van der Waals surface area contributed by atoms with Crippen LogP contribution in [0.2, 0.25) is 0 Å². The molecule has 0 fully saturated rings. The lowest BCUT2D eigenvalue weighted by Crippen LogP contribution is -2.24. The lowest BCUT2D eigenvalue weighted by atomic mass is 10.4. The summed E-state index contributed by atoms with van der Waals surface area (Å²) in [6.45, 7) is 6.10. The Morgan fingerprint density at radius 3 is 2.00 bits per heavy atom. The van der Waals surface area contributed by atoms with Gasteiger partial charge < -0.3 is 19.7 Å². The van der Waals surface area contributed by atoms with Crippen molar-refractivity contribution in [2.24, 2.45) is 0 Å². The monoisotopic (exact) mass is 192 g/mol. The Labute approximate surface area is 79.5 Å². The van der Waals surface area contributed by atoms with Gasteiger partial charge in [0.2, 0.25) is 0 Å². The molecule has 4 heteroatoms. The van der Waals surface area contributed by atoms with Crippen molar-refractivity contribution in [1.29, 1.82) is 0 Å². The molecule has 4 nitrogen and oxygen atoms in total. The Balaban J connectivity index is 3.34. The van der Waals surface area contributed by atoms with Gasteiger partial charge in [0, 0.05) is 0 Å². The summed E-state index contributed by atoms with van der Waals surface area (Å²) in [4.78, 5) is 0. The number of aliphatic hydroxyl groups is 2. The molecule has 0 amide bonds. The molecule has 0 unspecified atom stereocenters. The minimum absolute atomic E-state index is 0.0170. The second kappa shape index (κ2) is 7.26.